The minimum atomic E-state index is -0.341. The van der Waals surface area contributed by atoms with Crippen LogP contribution in [0, 0.1) is 10.1 Å². The SMILES string of the molecule is CCN1C=CC=C([N+](=O)[O-])C1. The van der Waals surface area contributed by atoms with Crippen LogP contribution >= 0.6 is 0 Å². The predicted octanol–water partition coefficient (Wildman–Crippen LogP) is 0.996. The van der Waals surface area contributed by atoms with E-state index in [1.54, 1.807) is 6.08 Å². The molecule has 0 spiro atoms. The molecule has 0 bridgehead atoms. The Morgan fingerprint density at radius 1 is 1.82 bits per heavy atom. The molecular weight excluding hydrogens is 144 g/mol. The van der Waals surface area contributed by atoms with Gasteiger partial charge in [0, 0.05) is 12.6 Å². The third-order valence-corrected chi connectivity index (χ3v) is 1.59. The number of nitrogens with zero attached hydrogens (tertiary/aromatic N) is 2. The Labute approximate surface area is 65.0 Å². The van der Waals surface area contributed by atoms with Crippen molar-refractivity contribution in [1.82, 2.24) is 4.90 Å². The van der Waals surface area contributed by atoms with Crippen molar-refractivity contribution in [2.24, 2.45) is 0 Å². The fraction of sp³-hybridized carbons (Fsp3) is 0.429. The summed E-state index contributed by atoms with van der Waals surface area (Å²) in [6.45, 7) is 3.19. The second kappa shape index (κ2) is 3.18. The Hall–Kier alpha value is -1.32. The van der Waals surface area contributed by atoms with Crippen LogP contribution in [0.25, 0.3) is 0 Å². The monoisotopic (exact) mass is 154 g/mol. The van der Waals surface area contributed by atoms with Gasteiger partial charge in [-0.3, -0.25) is 10.1 Å². The van der Waals surface area contributed by atoms with Gasteiger partial charge in [0.05, 0.1) is 4.92 Å². The predicted molar refractivity (Wildman–Crippen MR) is 41.5 cm³/mol. The molecule has 0 saturated carbocycles. The normalized spacial score (nSPS) is 16.5. The number of allylic oxidation sites excluding steroid dienone is 2. The fourth-order valence-electron chi connectivity index (χ4n) is 0.925. The van der Waals surface area contributed by atoms with E-state index in [9.17, 15) is 10.1 Å². The van der Waals surface area contributed by atoms with E-state index < -0.39 is 0 Å². The average molecular weight is 154 g/mol. The van der Waals surface area contributed by atoms with Crippen LogP contribution < -0.4 is 0 Å². The van der Waals surface area contributed by atoms with Crippen molar-refractivity contribution in [1.29, 1.82) is 0 Å². The molecule has 4 nitrogen and oxygen atoms in total. The Morgan fingerprint density at radius 2 is 2.55 bits per heavy atom. The summed E-state index contributed by atoms with van der Waals surface area (Å²) < 4.78 is 0. The number of nitro groups is 1. The van der Waals surface area contributed by atoms with Crippen LogP contribution in [0.2, 0.25) is 0 Å². The van der Waals surface area contributed by atoms with Crippen LogP contribution in [-0.2, 0) is 0 Å². The van der Waals surface area contributed by atoms with Crippen LogP contribution in [0.3, 0.4) is 0 Å². The molecule has 0 aliphatic carbocycles. The lowest BCUT2D eigenvalue weighted by Gasteiger charge is -2.17. The average Bonchev–Trinajstić information content (AvgIpc) is 2.05. The van der Waals surface area contributed by atoms with E-state index in [2.05, 4.69) is 0 Å². The standard InChI is InChI=1S/C7H10N2O2/c1-2-8-5-3-4-7(6-8)9(10)11/h3-5H,2,6H2,1H3. The Kier molecular flexibility index (Phi) is 2.25. The fourth-order valence-corrected chi connectivity index (χ4v) is 0.925. The van der Waals surface area contributed by atoms with Crippen molar-refractivity contribution in [3.05, 3.63) is 34.2 Å². The van der Waals surface area contributed by atoms with Crippen LogP contribution in [0.4, 0.5) is 0 Å². The molecule has 0 saturated heterocycles. The summed E-state index contributed by atoms with van der Waals surface area (Å²) in [6.07, 6.45) is 5.09. The second-order valence-electron chi connectivity index (χ2n) is 2.32. The molecule has 0 aromatic carbocycles. The van der Waals surface area contributed by atoms with Gasteiger partial charge < -0.3 is 4.90 Å². The second-order valence-corrected chi connectivity index (χ2v) is 2.32. The smallest absolute Gasteiger partial charge is 0.265 e. The summed E-state index contributed by atoms with van der Waals surface area (Å²) in [5, 5.41) is 10.3. The molecule has 0 radical (unpaired) electrons. The van der Waals surface area contributed by atoms with Gasteiger partial charge in [-0.15, -0.1) is 0 Å². The maximum Gasteiger partial charge on any atom is 0.265 e. The highest BCUT2D eigenvalue weighted by atomic mass is 16.6. The molecule has 60 valence electrons. The van der Waals surface area contributed by atoms with Crippen molar-refractivity contribution in [2.45, 2.75) is 6.92 Å². The summed E-state index contributed by atoms with van der Waals surface area (Å²) in [4.78, 5) is 11.8. The summed E-state index contributed by atoms with van der Waals surface area (Å²) in [5.74, 6) is 0. The van der Waals surface area contributed by atoms with Gasteiger partial charge in [0.25, 0.3) is 5.70 Å². The molecule has 0 fully saturated rings. The molecule has 0 unspecified atom stereocenters. The van der Waals surface area contributed by atoms with Crippen LogP contribution in [0.15, 0.2) is 24.0 Å². The number of likely N-dealkylation sites (N-methyl/N-ethyl adjacent to an activating group) is 1. The maximum absolute atomic E-state index is 10.3. The van der Waals surface area contributed by atoms with E-state index in [1.807, 2.05) is 18.0 Å². The van der Waals surface area contributed by atoms with E-state index in [-0.39, 0.29) is 10.6 Å². The van der Waals surface area contributed by atoms with Crippen molar-refractivity contribution >= 4 is 0 Å². The van der Waals surface area contributed by atoms with Crippen LogP contribution in [0.5, 0.6) is 0 Å². The summed E-state index contributed by atoms with van der Waals surface area (Å²) in [6, 6.07) is 0. The minimum Gasteiger partial charge on any atom is -0.367 e. The van der Waals surface area contributed by atoms with Gasteiger partial charge in [0.1, 0.15) is 6.54 Å². The van der Waals surface area contributed by atoms with Crippen molar-refractivity contribution in [3.8, 4) is 0 Å². The number of rotatable bonds is 2. The van der Waals surface area contributed by atoms with Gasteiger partial charge in [0.2, 0.25) is 0 Å². The van der Waals surface area contributed by atoms with E-state index in [4.69, 9.17) is 0 Å². The highest BCUT2D eigenvalue weighted by molar-refractivity contribution is 5.13. The molecular formula is C7H10N2O2. The number of hydrogen-bond donors (Lipinski definition) is 0. The first-order chi connectivity index (χ1) is 5.24. The van der Waals surface area contributed by atoms with Crippen molar-refractivity contribution in [2.75, 3.05) is 13.1 Å². The van der Waals surface area contributed by atoms with E-state index in [0.29, 0.717) is 6.54 Å². The first-order valence-corrected chi connectivity index (χ1v) is 3.50. The first kappa shape index (κ1) is 7.78. The number of hydrogen-bond acceptors (Lipinski definition) is 3. The lowest BCUT2D eigenvalue weighted by Crippen LogP contribution is -2.24. The highest BCUT2D eigenvalue weighted by Gasteiger charge is 2.14. The van der Waals surface area contributed by atoms with Gasteiger partial charge in [-0.2, -0.15) is 0 Å². The van der Waals surface area contributed by atoms with E-state index in [0.717, 1.165) is 6.54 Å². The largest absolute Gasteiger partial charge is 0.367 e. The Balaban J connectivity index is 2.64. The van der Waals surface area contributed by atoms with Gasteiger partial charge in [-0.25, -0.2) is 0 Å². The molecule has 0 aromatic heterocycles. The minimum absolute atomic E-state index is 0.259. The molecule has 1 rings (SSSR count). The summed E-state index contributed by atoms with van der Waals surface area (Å²) in [5.41, 5.74) is 0.259. The topological polar surface area (TPSA) is 46.4 Å². The molecule has 0 aromatic rings. The molecule has 1 heterocycles. The molecule has 4 heteroatoms. The summed E-state index contributed by atoms with van der Waals surface area (Å²) >= 11 is 0. The molecule has 0 atom stereocenters. The quantitative estimate of drug-likeness (QED) is 0.440. The third kappa shape index (κ3) is 1.80. The lowest BCUT2D eigenvalue weighted by molar-refractivity contribution is -0.427. The van der Waals surface area contributed by atoms with E-state index in [1.165, 1.54) is 6.08 Å². The zero-order valence-corrected chi connectivity index (χ0v) is 6.36. The molecule has 1 aliphatic rings. The van der Waals surface area contributed by atoms with Crippen LogP contribution in [-0.4, -0.2) is 22.9 Å². The van der Waals surface area contributed by atoms with Crippen LogP contribution in [0.1, 0.15) is 6.92 Å². The van der Waals surface area contributed by atoms with Gasteiger partial charge in [-0.05, 0) is 19.2 Å². The van der Waals surface area contributed by atoms with Crippen molar-refractivity contribution < 1.29 is 4.92 Å². The van der Waals surface area contributed by atoms with Gasteiger partial charge in [-0.1, -0.05) is 0 Å². The highest BCUT2D eigenvalue weighted by Crippen LogP contribution is 2.06. The Bertz CT molecular complexity index is 220. The third-order valence-electron chi connectivity index (χ3n) is 1.59. The molecule has 11 heavy (non-hydrogen) atoms. The zero-order chi connectivity index (χ0) is 8.27. The van der Waals surface area contributed by atoms with Gasteiger partial charge >= 0.3 is 0 Å². The Morgan fingerprint density at radius 3 is 3.09 bits per heavy atom. The maximum atomic E-state index is 10.3. The van der Waals surface area contributed by atoms with Crippen molar-refractivity contribution in [3.63, 3.8) is 0 Å². The summed E-state index contributed by atoms with van der Waals surface area (Å²) in [7, 11) is 0. The first-order valence-electron chi connectivity index (χ1n) is 3.50. The molecule has 1 aliphatic heterocycles. The molecule has 0 amide bonds. The van der Waals surface area contributed by atoms with E-state index >= 15 is 0 Å². The lowest BCUT2D eigenvalue weighted by atomic mass is 10.3. The van der Waals surface area contributed by atoms with Gasteiger partial charge in [0.15, 0.2) is 0 Å². The zero-order valence-electron chi connectivity index (χ0n) is 6.36. The molecule has 0 N–H and O–H groups in total.